The van der Waals surface area contributed by atoms with Gasteiger partial charge in [-0.05, 0) is 48.2 Å². The Bertz CT molecular complexity index is 707. The Kier molecular flexibility index (Phi) is 3.92. The van der Waals surface area contributed by atoms with Gasteiger partial charge in [-0.25, -0.2) is 0 Å². The Morgan fingerprint density at radius 3 is 2.50 bits per heavy atom. The first-order valence-corrected chi connectivity index (χ1v) is 7.40. The number of rotatable bonds is 3. The fourth-order valence-corrected chi connectivity index (χ4v) is 2.86. The second-order valence-corrected chi connectivity index (χ2v) is 5.52. The van der Waals surface area contributed by atoms with E-state index < -0.39 is 0 Å². The van der Waals surface area contributed by atoms with E-state index in [1.165, 1.54) is 18.1 Å². The van der Waals surface area contributed by atoms with Crippen LogP contribution in [0.3, 0.4) is 0 Å². The summed E-state index contributed by atoms with van der Waals surface area (Å²) in [6.07, 6.45) is 1.94. The fraction of sp³-hybridized carbons (Fsp3) is 0.222. The van der Waals surface area contributed by atoms with E-state index in [1.54, 1.807) is 24.3 Å². The first-order valence-electron chi connectivity index (χ1n) is 7.40. The van der Waals surface area contributed by atoms with Crippen molar-refractivity contribution in [2.75, 3.05) is 5.32 Å². The molecule has 0 heterocycles. The SMILES string of the molecule is CC(=O)Nc1ccc(C(=O)N[C@@H]2CCc3ccccc32)cc1. The maximum absolute atomic E-state index is 12.3. The molecule has 4 heteroatoms. The Morgan fingerprint density at radius 1 is 1.05 bits per heavy atom. The molecule has 0 unspecified atom stereocenters. The van der Waals surface area contributed by atoms with Crippen LogP contribution >= 0.6 is 0 Å². The molecular formula is C18H18N2O2. The van der Waals surface area contributed by atoms with E-state index in [9.17, 15) is 9.59 Å². The number of hydrogen-bond donors (Lipinski definition) is 2. The summed E-state index contributed by atoms with van der Waals surface area (Å²) in [6, 6.07) is 15.2. The Labute approximate surface area is 129 Å². The molecule has 22 heavy (non-hydrogen) atoms. The smallest absolute Gasteiger partial charge is 0.251 e. The molecule has 1 aliphatic carbocycles. The minimum absolute atomic E-state index is 0.0821. The predicted molar refractivity (Wildman–Crippen MR) is 85.7 cm³/mol. The van der Waals surface area contributed by atoms with Crippen LogP contribution in [0.15, 0.2) is 48.5 Å². The number of amides is 2. The van der Waals surface area contributed by atoms with Crippen LogP contribution in [0.5, 0.6) is 0 Å². The van der Waals surface area contributed by atoms with Crippen LogP contribution in [-0.4, -0.2) is 11.8 Å². The van der Waals surface area contributed by atoms with Crippen LogP contribution in [0.25, 0.3) is 0 Å². The number of carbonyl (C=O) groups is 2. The topological polar surface area (TPSA) is 58.2 Å². The lowest BCUT2D eigenvalue weighted by Gasteiger charge is -2.14. The quantitative estimate of drug-likeness (QED) is 0.914. The van der Waals surface area contributed by atoms with Crippen LogP contribution in [0, 0.1) is 0 Å². The first-order chi connectivity index (χ1) is 10.6. The zero-order valence-corrected chi connectivity index (χ0v) is 12.4. The molecule has 2 N–H and O–H groups in total. The standard InChI is InChI=1S/C18H18N2O2/c1-12(21)19-15-9-6-14(7-10-15)18(22)20-17-11-8-13-4-2-3-5-16(13)17/h2-7,9-10,17H,8,11H2,1H3,(H,19,21)(H,20,22)/t17-/m1/s1. The molecule has 3 rings (SSSR count). The van der Waals surface area contributed by atoms with E-state index in [-0.39, 0.29) is 17.9 Å². The highest BCUT2D eigenvalue weighted by atomic mass is 16.2. The van der Waals surface area contributed by atoms with Gasteiger partial charge in [0, 0.05) is 18.2 Å². The van der Waals surface area contributed by atoms with Crippen molar-refractivity contribution in [3.63, 3.8) is 0 Å². The minimum atomic E-state index is -0.125. The number of hydrogen-bond acceptors (Lipinski definition) is 2. The summed E-state index contributed by atoms with van der Waals surface area (Å²) in [6.45, 7) is 1.46. The van der Waals surface area contributed by atoms with Crippen molar-refractivity contribution in [1.29, 1.82) is 0 Å². The van der Waals surface area contributed by atoms with Gasteiger partial charge in [0.25, 0.3) is 5.91 Å². The summed E-state index contributed by atoms with van der Waals surface area (Å²) in [4.78, 5) is 23.3. The van der Waals surface area contributed by atoms with Crippen LogP contribution < -0.4 is 10.6 Å². The molecule has 2 aromatic rings. The largest absolute Gasteiger partial charge is 0.345 e. The van der Waals surface area contributed by atoms with E-state index in [1.807, 2.05) is 12.1 Å². The molecule has 0 saturated heterocycles. The van der Waals surface area contributed by atoms with Gasteiger partial charge in [0.05, 0.1) is 6.04 Å². The highest BCUT2D eigenvalue weighted by molar-refractivity contribution is 5.95. The number of anilines is 1. The maximum atomic E-state index is 12.3. The lowest BCUT2D eigenvalue weighted by Crippen LogP contribution is -2.27. The van der Waals surface area contributed by atoms with Gasteiger partial charge in [0.1, 0.15) is 0 Å². The summed E-state index contributed by atoms with van der Waals surface area (Å²) in [5.74, 6) is -0.212. The highest BCUT2D eigenvalue weighted by Crippen LogP contribution is 2.30. The van der Waals surface area contributed by atoms with E-state index in [0.717, 1.165) is 12.8 Å². The van der Waals surface area contributed by atoms with Gasteiger partial charge in [0.15, 0.2) is 0 Å². The molecule has 0 spiro atoms. The van der Waals surface area contributed by atoms with E-state index in [2.05, 4.69) is 22.8 Å². The van der Waals surface area contributed by atoms with Crippen LogP contribution in [0.4, 0.5) is 5.69 Å². The molecule has 4 nitrogen and oxygen atoms in total. The summed E-state index contributed by atoms with van der Waals surface area (Å²) < 4.78 is 0. The van der Waals surface area contributed by atoms with Crippen molar-refractivity contribution in [2.45, 2.75) is 25.8 Å². The zero-order chi connectivity index (χ0) is 15.5. The summed E-state index contributed by atoms with van der Waals surface area (Å²) in [7, 11) is 0. The van der Waals surface area contributed by atoms with Crippen LogP contribution in [0.1, 0.15) is 40.9 Å². The van der Waals surface area contributed by atoms with Gasteiger partial charge >= 0.3 is 0 Å². The second-order valence-electron chi connectivity index (χ2n) is 5.52. The first kappa shape index (κ1) is 14.3. The highest BCUT2D eigenvalue weighted by Gasteiger charge is 2.23. The predicted octanol–water partition coefficient (Wildman–Crippen LogP) is 3.06. The van der Waals surface area contributed by atoms with E-state index >= 15 is 0 Å². The van der Waals surface area contributed by atoms with Gasteiger partial charge in [-0.15, -0.1) is 0 Å². The maximum Gasteiger partial charge on any atom is 0.251 e. The van der Waals surface area contributed by atoms with Crippen LogP contribution in [0.2, 0.25) is 0 Å². The summed E-state index contributed by atoms with van der Waals surface area (Å²) in [5, 5.41) is 5.77. The Morgan fingerprint density at radius 2 is 1.77 bits per heavy atom. The molecule has 112 valence electrons. The van der Waals surface area contributed by atoms with Crippen molar-refractivity contribution >= 4 is 17.5 Å². The monoisotopic (exact) mass is 294 g/mol. The minimum Gasteiger partial charge on any atom is -0.345 e. The normalized spacial score (nSPS) is 16.0. The molecule has 0 saturated carbocycles. The number of carbonyl (C=O) groups excluding carboxylic acids is 2. The van der Waals surface area contributed by atoms with Crippen molar-refractivity contribution in [3.8, 4) is 0 Å². The van der Waals surface area contributed by atoms with Gasteiger partial charge in [-0.3, -0.25) is 9.59 Å². The lowest BCUT2D eigenvalue weighted by atomic mass is 10.1. The average molecular weight is 294 g/mol. The third kappa shape index (κ3) is 3.01. The number of aryl methyl sites for hydroxylation is 1. The lowest BCUT2D eigenvalue weighted by molar-refractivity contribution is -0.114. The molecule has 0 fully saturated rings. The zero-order valence-electron chi connectivity index (χ0n) is 12.4. The van der Waals surface area contributed by atoms with E-state index in [0.29, 0.717) is 11.3 Å². The third-order valence-corrected chi connectivity index (χ3v) is 3.91. The second kappa shape index (κ2) is 6.02. The molecular weight excluding hydrogens is 276 g/mol. The summed E-state index contributed by atoms with van der Waals surface area (Å²) in [5.41, 5.74) is 3.81. The van der Waals surface area contributed by atoms with Gasteiger partial charge < -0.3 is 10.6 Å². The van der Waals surface area contributed by atoms with E-state index in [4.69, 9.17) is 0 Å². The number of fused-ring (bicyclic) bond motifs is 1. The third-order valence-electron chi connectivity index (χ3n) is 3.91. The Hall–Kier alpha value is -2.62. The van der Waals surface area contributed by atoms with Gasteiger partial charge in [-0.2, -0.15) is 0 Å². The van der Waals surface area contributed by atoms with Crippen molar-refractivity contribution < 1.29 is 9.59 Å². The van der Waals surface area contributed by atoms with Gasteiger partial charge in [-0.1, -0.05) is 24.3 Å². The fourth-order valence-electron chi connectivity index (χ4n) is 2.86. The van der Waals surface area contributed by atoms with Crippen molar-refractivity contribution in [3.05, 3.63) is 65.2 Å². The van der Waals surface area contributed by atoms with Crippen molar-refractivity contribution in [2.24, 2.45) is 0 Å². The Balaban J connectivity index is 1.69. The molecule has 2 amide bonds. The number of benzene rings is 2. The molecule has 2 aromatic carbocycles. The van der Waals surface area contributed by atoms with Crippen molar-refractivity contribution in [1.82, 2.24) is 5.32 Å². The summed E-state index contributed by atoms with van der Waals surface area (Å²) >= 11 is 0. The molecule has 0 aliphatic heterocycles. The molecule has 0 radical (unpaired) electrons. The van der Waals surface area contributed by atoms with Gasteiger partial charge in [0.2, 0.25) is 5.91 Å². The molecule has 0 bridgehead atoms. The molecule has 1 atom stereocenters. The van der Waals surface area contributed by atoms with Crippen LogP contribution in [-0.2, 0) is 11.2 Å². The molecule has 1 aliphatic rings. The average Bonchev–Trinajstić information content (AvgIpc) is 2.91. The number of nitrogens with one attached hydrogen (secondary N) is 2. The molecule has 0 aromatic heterocycles.